The molecule has 1 aromatic carbocycles. The van der Waals surface area contributed by atoms with Crippen molar-refractivity contribution in [3.05, 3.63) is 35.4 Å². The summed E-state index contributed by atoms with van der Waals surface area (Å²) in [7, 11) is 1.50. The van der Waals surface area contributed by atoms with Gasteiger partial charge in [0.2, 0.25) is 17.7 Å². The van der Waals surface area contributed by atoms with Gasteiger partial charge >= 0.3 is 6.09 Å². The van der Waals surface area contributed by atoms with Crippen LogP contribution in [0.5, 0.6) is 0 Å². The summed E-state index contributed by atoms with van der Waals surface area (Å²) in [5, 5.41) is 6.19. The van der Waals surface area contributed by atoms with Crippen LogP contribution in [0.15, 0.2) is 24.3 Å². The molecule has 5 atom stereocenters. The highest BCUT2D eigenvalue weighted by molar-refractivity contribution is 5.95. The van der Waals surface area contributed by atoms with Gasteiger partial charge in [0.05, 0.1) is 12.6 Å². The molecule has 2 saturated heterocycles. The summed E-state index contributed by atoms with van der Waals surface area (Å²) in [5.74, 6) is -0.899. The Morgan fingerprint density at radius 3 is 2.50 bits per heavy atom. The van der Waals surface area contributed by atoms with Crippen molar-refractivity contribution in [3.8, 4) is 0 Å². The van der Waals surface area contributed by atoms with Crippen molar-refractivity contribution in [2.45, 2.75) is 121 Å². The van der Waals surface area contributed by atoms with Gasteiger partial charge in [0.15, 0.2) is 0 Å². The minimum atomic E-state index is -0.863. The van der Waals surface area contributed by atoms with Gasteiger partial charge in [0.1, 0.15) is 30.0 Å². The normalized spacial score (nSPS) is 27.5. The molecule has 3 fully saturated rings. The molecule has 1 aromatic rings. The fourth-order valence-corrected chi connectivity index (χ4v) is 7.26. The number of hydrogen-bond donors (Lipinski definition) is 2. The van der Waals surface area contributed by atoms with Crippen LogP contribution in [0.3, 0.4) is 0 Å². The number of rotatable bonds is 5. The number of amides is 4. The van der Waals surface area contributed by atoms with Crippen molar-refractivity contribution in [1.82, 2.24) is 20.4 Å². The lowest BCUT2D eigenvalue weighted by molar-refractivity contribution is -0.150. The lowest BCUT2D eigenvalue weighted by Crippen LogP contribution is -2.59. The van der Waals surface area contributed by atoms with Crippen molar-refractivity contribution < 1.29 is 28.7 Å². The smallest absolute Gasteiger partial charge is 0.410 e. The summed E-state index contributed by atoms with van der Waals surface area (Å²) in [6, 6.07) is 5.77. The van der Waals surface area contributed by atoms with E-state index in [9.17, 15) is 19.2 Å². The number of benzene rings is 1. The lowest BCUT2D eigenvalue weighted by Gasteiger charge is -2.37. The monoisotopic (exact) mass is 582 g/mol. The number of aryl methyl sites for hydroxylation is 1. The topological polar surface area (TPSA) is 117 Å². The van der Waals surface area contributed by atoms with E-state index < -0.39 is 42.0 Å². The van der Waals surface area contributed by atoms with E-state index in [1.807, 2.05) is 12.1 Å². The minimum absolute atomic E-state index is 0.0947. The Morgan fingerprint density at radius 2 is 1.79 bits per heavy atom. The van der Waals surface area contributed by atoms with E-state index in [2.05, 4.69) is 22.8 Å². The van der Waals surface area contributed by atoms with Crippen molar-refractivity contribution >= 4 is 23.8 Å². The standard InChI is InChI=1S/C32H46N4O6/c1-20(35(5)30(40)42-31(2,3)4)27(37)34-24-15-18-41-25-19-32(16-8-9-17-32)26(36(25)29(24)39)28(38)33-23-14-10-12-21-11-6-7-13-22(21)23/h6-7,11,13,20,23-26H,8-10,12,14-19H2,1-5H3,(H,33,38)(H,34,37)/t20?,23-,24+,25?,26?/m1/s1. The summed E-state index contributed by atoms with van der Waals surface area (Å²) < 4.78 is 11.6. The number of hydrogen-bond acceptors (Lipinski definition) is 6. The van der Waals surface area contributed by atoms with Crippen molar-refractivity contribution in [3.63, 3.8) is 0 Å². The predicted octanol–water partition coefficient (Wildman–Crippen LogP) is 3.83. The summed E-state index contributed by atoms with van der Waals surface area (Å²) in [4.78, 5) is 57.1. The number of carbonyl (C=O) groups excluding carboxylic acids is 4. The quantitative estimate of drug-likeness (QED) is 0.545. The molecule has 2 aliphatic carbocycles. The highest BCUT2D eigenvalue weighted by Gasteiger charge is 2.59. The first-order valence-corrected chi connectivity index (χ1v) is 15.5. The van der Waals surface area contributed by atoms with Crippen LogP contribution in [0.1, 0.15) is 96.2 Å². The third kappa shape index (κ3) is 6.00. The van der Waals surface area contributed by atoms with Gasteiger partial charge < -0.3 is 25.0 Å². The van der Waals surface area contributed by atoms with Crippen LogP contribution in [-0.4, -0.2) is 77.2 Å². The van der Waals surface area contributed by atoms with Crippen LogP contribution < -0.4 is 10.6 Å². The van der Waals surface area contributed by atoms with Gasteiger partial charge in [0, 0.05) is 25.3 Å². The van der Waals surface area contributed by atoms with E-state index in [-0.39, 0.29) is 36.3 Å². The zero-order valence-electron chi connectivity index (χ0n) is 25.6. The molecule has 5 rings (SSSR count). The van der Waals surface area contributed by atoms with Crippen molar-refractivity contribution in [2.75, 3.05) is 13.7 Å². The molecule has 10 heteroatoms. The molecule has 0 radical (unpaired) electrons. The number of likely N-dealkylation sites (N-methyl/N-ethyl adjacent to an activating group) is 1. The molecule has 2 N–H and O–H groups in total. The maximum absolute atomic E-state index is 14.2. The number of carbonyl (C=O) groups is 4. The van der Waals surface area contributed by atoms with E-state index in [4.69, 9.17) is 9.47 Å². The SMILES string of the molecule is CC(C(=O)N[C@H]1CCOC2CC3(CCCC3)C(C(=O)N[C@@H]3CCCc4ccccc43)N2C1=O)N(C)C(=O)OC(C)(C)C. The Balaban J connectivity index is 1.34. The summed E-state index contributed by atoms with van der Waals surface area (Å²) in [6.07, 6.45) is 6.40. The van der Waals surface area contributed by atoms with Crippen LogP contribution in [-0.2, 0) is 30.3 Å². The average Bonchev–Trinajstić information content (AvgIpc) is 3.50. The molecule has 3 unspecified atom stereocenters. The molecule has 4 aliphatic rings. The van der Waals surface area contributed by atoms with E-state index >= 15 is 0 Å². The molecule has 230 valence electrons. The van der Waals surface area contributed by atoms with Crippen molar-refractivity contribution in [1.29, 1.82) is 0 Å². The molecule has 1 saturated carbocycles. The second kappa shape index (κ2) is 11.9. The third-order valence-electron chi connectivity index (χ3n) is 9.51. The Morgan fingerprint density at radius 1 is 1.07 bits per heavy atom. The second-order valence-corrected chi connectivity index (χ2v) is 13.5. The van der Waals surface area contributed by atoms with Gasteiger partial charge in [-0.05, 0) is 70.9 Å². The molecule has 2 heterocycles. The molecule has 2 aliphatic heterocycles. The molecule has 0 aromatic heterocycles. The number of ether oxygens (including phenoxy) is 2. The molecule has 0 bridgehead atoms. The van der Waals surface area contributed by atoms with Gasteiger partial charge in [-0.3, -0.25) is 19.3 Å². The van der Waals surface area contributed by atoms with Gasteiger partial charge in [-0.25, -0.2) is 4.79 Å². The maximum atomic E-state index is 14.2. The lowest BCUT2D eigenvalue weighted by atomic mass is 9.77. The third-order valence-corrected chi connectivity index (χ3v) is 9.51. The van der Waals surface area contributed by atoms with Crippen LogP contribution in [0, 0.1) is 5.41 Å². The number of nitrogens with zero attached hydrogens (tertiary/aromatic N) is 2. The Bertz CT molecular complexity index is 1210. The summed E-state index contributed by atoms with van der Waals surface area (Å²) in [5.41, 5.74) is 1.37. The highest BCUT2D eigenvalue weighted by atomic mass is 16.6. The first-order chi connectivity index (χ1) is 19.9. The number of nitrogens with one attached hydrogen (secondary N) is 2. The highest BCUT2D eigenvalue weighted by Crippen LogP contribution is 2.53. The Labute approximate surface area is 248 Å². The van der Waals surface area contributed by atoms with Crippen molar-refractivity contribution in [2.24, 2.45) is 5.41 Å². The first-order valence-electron chi connectivity index (χ1n) is 15.5. The van der Waals surface area contributed by atoms with Gasteiger partial charge in [-0.15, -0.1) is 0 Å². The van der Waals surface area contributed by atoms with E-state index in [1.165, 1.54) is 17.5 Å². The van der Waals surface area contributed by atoms with Gasteiger partial charge in [-0.2, -0.15) is 0 Å². The zero-order valence-corrected chi connectivity index (χ0v) is 25.6. The molecule has 10 nitrogen and oxygen atoms in total. The van der Waals surface area contributed by atoms with Crippen LogP contribution in [0.4, 0.5) is 4.79 Å². The Hall–Kier alpha value is -3.14. The minimum Gasteiger partial charge on any atom is -0.444 e. The fourth-order valence-electron chi connectivity index (χ4n) is 7.26. The maximum Gasteiger partial charge on any atom is 0.410 e. The van der Waals surface area contributed by atoms with Gasteiger partial charge in [-0.1, -0.05) is 37.1 Å². The molecule has 42 heavy (non-hydrogen) atoms. The zero-order chi connectivity index (χ0) is 30.2. The van der Waals surface area contributed by atoms with E-state index in [0.29, 0.717) is 6.42 Å². The molecule has 4 amide bonds. The predicted molar refractivity (Wildman–Crippen MR) is 156 cm³/mol. The second-order valence-electron chi connectivity index (χ2n) is 13.5. The first kappa shape index (κ1) is 30.3. The average molecular weight is 583 g/mol. The van der Waals surface area contributed by atoms with Crippen LogP contribution in [0.25, 0.3) is 0 Å². The fraction of sp³-hybridized carbons (Fsp3) is 0.688. The summed E-state index contributed by atoms with van der Waals surface area (Å²) >= 11 is 0. The Kier molecular flexibility index (Phi) is 8.56. The molecule has 1 spiro atoms. The van der Waals surface area contributed by atoms with Crippen LogP contribution >= 0.6 is 0 Å². The molecular weight excluding hydrogens is 536 g/mol. The van der Waals surface area contributed by atoms with E-state index in [1.54, 1.807) is 32.6 Å². The summed E-state index contributed by atoms with van der Waals surface area (Å²) in [6.45, 7) is 7.17. The largest absolute Gasteiger partial charge is 0.444 e. The van der Waals surface area contributed by atoms with E-state index in [0.717, 1.165) is 50.5 Å². The van der Waals surface area contributed by atoms with Gasteiger partial charge in [0.25, 0.3) is 0 Å². The van der Waals surface area contributed by atoms with Crippen LogP contribution in [0.2, 0.25) is 0 Å². The number of fused-ring (bicyclic) bond motifs is 2. The molecular formula is C32H46N4O6.